The predicted molar refractivity (Wildman–Crippen MR) is 117 cm³/mol. The van der Waals surface area contributed by atoms with Crippen LogP contribution in [-0.4, -0.2) is 23.2 Å². The van der Waals surface area contributed by atoms with Gasteiger partial charge in [-0.1, -0.05) is 29.0 Å². The number of fused-ring (bicyclic) bond motifs is 1. The SMILES string of the molecule is CC(C)=NNc1nc2cc(C)c(NC(=O)COc3ccc(C)cc3)c(C)c2s1. The molecule has 0 aliphatic carbocycles. The number of amides is 1. The van der Waals surface area contributed by atoms with Crippen LogP contribution < -0.4 is 15.5 Å². The van der Waals surface area contributed by atoms with Crippen molar-refractivity contribution in [3.8, 4) is 5.75 Å². The normalized spacial score (nSPS) is 10.6. The molecule has 0 fully saturated rings. The summed E-state index contributed by atoms with van der Waals surface area (Å²) in [6, 6.07) is 9.60. The molecule has 0 radical (unpaired) electrons. The van der Waals surface area contributed by atoms with E-state index in [4.69, 9.17) is 4.74 Å². The van der Waals surface area contributed by atoms with E-state index in [1.54, 1.807) is 0 Å². The predicted octanol–water partition coefficient (Wildman–Crippen LogP) is 5.05. The molecule has 0 bridgehead atoms. The van der Waals surface area contributed by atoms with Gasteiger partial charge in [0.15, 0.2) is 6.61 Å². The molecule has 3 rings (SSSR count). The first-order valence-electron chi connectivity index (χ1n) is 9.00. The van der Waals surface area contributed by atoms with Gasteiger partial charge < -0.3 is 10.1 Å². The number of hydrogen-bond acceptors (Lipinski definition) is 6. The van der Waals surface area contributed by atoms with Crippen molar-refractivity contribution in [1.29, 1.82) is 0 Å². The summed E-state index contributed by atoms with van der Waals surface area (Å²) in [5.41, 5.74) is 8.68. The molecule has 1 heterocycles. The molecule has 3 aromatic rings. The second-order valence-corrected chi connectivity index (χ2v) is 7.88. The van der Waals surface area contributed by atoms with E-state index in [1.165, 1.54) is 11.3 Å². The Balaban J connectivity index is 1.75. The van der Waals surface area contributed by atoms with E-state index in [0.717, 1.165) is 43.4 Å². The number of rotatable bonds is 6. The summed E-state index contributed by atoms with van der Waals surface area (Å²) in [5.74, 6) is 0.481. The molecule has 0 saturated carbocycles. The first-order chi connectivity index (χ1) is 13.3. The monoisotopic (exact) mass is 396 g/mol. The van der Waals surface area contributed by atoms with Crippen LogP contribution in [0.15, 0.2) is 35.4 Å². The van der Waals surface area contributed by atoms with Crippen LogP contribution in [0.5, 0.6) is 5.75 Å². The van der Waals surface area contributed by atoms with Gasteiger partial charge >= 0.3 is 0 Å². The lowest BCUT2D eigenvalue weighted by Gasteiger charge is -2.13. The van der Waals surface area contributed by atoms with Crippen molar-refractivity contribution in [3.63, 3.8) is 0 Å². The maximum absolute atomic E-state index is 12.4. The van der Waals surface area contributed by atoms with Crippen LogP contribution in [0.3, 0.4) is 0 Å². The first-order valence-corrected chi connectivity index (χ1v) is 9.82. The lowest BCUT2D eigenvalue weighted by Crippen LogP contribution is -2.21. The van der Waals surface area contributed by atoms with E-state index >= 15 is 0 Å². The largest absolute Gasteiger partial charge is 0.484 e. The fourth-order valence-corrected chi connectivity index (χ4v) is 3.64. The average molecular weight is 397 g/mol. The molecule has 0 aliphatic heterocycles. The van der Waals surface area contributed by atoms with E-state index in [1.807, 2.05) is 65.0 Å². The minimum absolute atomic E-state index is 0.0417. The molecule has 0 spiro atoms. The van der Waals surface area contributed by atoms with Crippen LogP contribution in [0.1, 0.15) is 30.5 Å². The van der Waals surface area contributed by atoms with Crippen molar-refractivity contribution in [2.45, 2.75) is 34.6 Å². The molecule has 0 unspecified atom stereocenters. The average Bonchev–Trinajstić information content (AvgIpc) is 3.06. The zero-order valence-electron chi connectivity index (χ0n) is 16.7. The van der Waals surface area contributed by atoms with Gasteiger partial charge in [-0.3, -0.25) is 10.2 Å². The highest BCUT2D eigenvalue weighted by molar-refractivity contribution is 7.22. The molecule has 2 aromatic carbocycles. The molecule has 0 saturated heterocycles. The number of ether oxygens (including phenoxy) is 1. The van der Waals surface area contributed by atoms with Gasteiger partial charge in [0.25, 0.3) is 5.91 Å². The van der Waals surface area contributed by atoms with Crippen LogP contribution in [0.2, 0.25) is 0 Å². The number of carbonyl (C=O) groups excluding carboxylic acids is 1. The quantitative estimate of drug-likeness (QED) is 0.452. The van der Waals surface area contributed by atoms with Gasteiger partial charge in [-0.15, -0.1) is 0 Å². The van der Waals surface area contributed by atoms with Crippen molar-refractivity contribution in [1.82, 2.24) is 4.98 Å². The Labute approximate surface area is 168 Å². The van der Waals surface area contributed by atoms with Gasteiger partial charge in [-0.2, -0.15) is 5.10 Å². The summed E-state index contributed by atoms with van der Waals surface area (Å²) in [6.45, 7) is 9.75. The highest BCUT2D eigenvalue weighted by Gasteiger charge is 2.15. The molecule has 2 N–H and O–H groups in total. The number of anilines is 2. The minimum Gasteiger partial charge on any atom is -0.484 e. The van der Waals surface area contributed by atoms with E-state index in [2.05, 4.69) is 20.8 Å². The Morgan fingerprint density at radius 3 is 2.57 bits per heavy atom. The first kappa shape index (κ1) is 19.8. The number of aryl methyl sites for hydroxylation is 3. The molecule has 6 nitrogen and oxygen atoms in total. The summed E-state index contributed by atoms with van der Waals surface area (Å²) >= 11 is 1.52. The molecular weight excluding hydrogens is 372 g/mol. The molecule has 0 aliphatic rings. The Morgan fingerprint density at radius 2 is 1.89 bits per heavy atom. The van der Waals surface area contributed by atoms with Crippen molar-refractivity contribution in [2.24, 2.45) is 5.10 Å². The zero-order chi connectivity index (χ0) is 20.3. The lowest BCUT2D eigenvalue weighted by atomic mass is 10.1. The fourth-order valence-electron chi connectivity index (χ4n) is 2.74. The van der Waals surface area contributed by atoms with E-state index in [0.29, 0.717) is 5.75 Å². The van der Waals surface area contributed by atoms with Crippen LogP contribution in [0, 0.1) is 20.8 Å². The summed E-state index contributed by atoms with van der Waals surface area (Å²) in [5, 5.41) is 7.91. The Kier molecular flexibility index (Phi) is 5.94. The maximum Gasteiger partial charge on any atom is 0.262 e. The standard InChI is InChI=1S/C21H24N4O2S/c1-12(2)24-25-21-22-17-10-14(4)19(15(5)20(17)28-21)23-18(26)11-27-16-8-6-13(3)7-9-16/h6-10H,11H2,1-5H3,(H,22,25)(H,23,26). The molecule has 0 atom stereocenters. The molecule has 1 aromatic heterocycles. The highest BCUT2D eigenvalue weighted by Crippen LogP contribution is 2.35. The van der Waals surface area contributed by atoms with Crippen LogP contribution in [0.4, 0.5) is 10.8 Å². The Morgan fingerprint density at radius 1 is 1.18 bits per heavy atom. The number of nitrogens with zero attached hydrogens (tertiary/aromatic N) is 2. The van der Waals surface area contributed by atoms with Gasteiger partial charge in [0.1, 0.15) is 5.75 Å². The number of hydrazone groups is 1. The van der Waals surface area contributed by atoms with Crippen LogP contribution in [-0.2, 0) is 4.79 Å². The smallest absolute Gasteiger partial charge is 0.262 e. The van der Waals surface area contributed by atoms with Crippen molar-refractivity contribution < 1.29 is 9.53 Å². The number of aromatic nitrogens is 1. The Bertz CT molecular complexity index is 1030. The molecule has 146 valence electrons. The lowest BCUT2D eigenvalue weighted by molar-refractivity contribution is -0.118. The van der Waals surface area contributed by atoms with Gasteiger partial charge in [-0.05, 0) is 63.9 Å². The van der Waals surface area contributed by atoms with Gasteiger partial charge in [0, 0.05) is 11.4 Å². The maximum atomic E-state index is 12.4. The number of carbonyl (C=O) groups is 1. The molecule has 7 heteroatoms. The summed E-state index contributed by atoms with van der Waals surface area (Å²) in [6.07, 6.45) is 0. The second-order valence-electron chi connectivity index (χ2n) is 6.88. The van der Waals surface area contributed by atoms with E-state index < -0.39 is 0 Å². The number of thiazole rings is 1. The van der Waals surface area contributed by atoms with Crippen molar-refractivity contribution in [2.75, 3.05) is 17.3 Å². The third-order valence-electron chi connectivity index (χ3n) is 4.15. The number of hydrogen-bond donors (Lipinski definition) is 2. The third-order valence-corrected chi connectivity index (χ3v) is 5.24. The van der Waals surface area contributed by atoms with E-state index in [9.17, 15) is 4.79 Å². The summed E-state index contributed by atoms with van der Waals surface area (Å²) < 4.78 is 6.59. The zero-order valence-corrected chi connectivity index (χ0v) is 17.5. The molecule has 28 heavy (non-hydrogen) atoms. The van der Waals surface area contributed by atoms with Gasteiger partial charge in [-0.25, -0.2) is 4.98 Å². The number of benzene rings is 2. The minimum atomic E-state index is -0.194. The van der Waals surface area contributed by atoms with Gasteiger partial charge in [0.2, 0.25) is 5.13 Å². The third kappa shape index (κ3) is 4.67. The topological polar surface area (TPSA) is 75.6 Å². The summed E-state index contributed by atoms with van der Waals surface area (Å²) in [4.78, 5) is 17.0. The molecule has 1 amide bonds. The van der Waals surface area contributed by atoms with Crippen LogP contribution >= 0.6 is 11.3 Å². The van der Waals surface area contributed by atoms with E-state index in [-0.39, 0.29) is 12.5 Å². The number of nitrogens with one attached hydrogen (secondary N) is 2. The Hall–Kier alpha value is -2.93. The van der Waals surface area contributed by atoms with Crippen molar-refractivity contribution >= 4 is 44.0 Å². The second kappa shape index (κ2) is 8.39. The highest BCUT2D eigenvalue weighted by atomic mass is 32.1. The van der Waals surface area contributed by atoms with Crippen molar-refractivity contribution in [3.05, 3.63) is 47.0 Å². The molecular formula is C21H24N4O2S. The summed E-state index contributed by atoms with van der Waals surface area (Å²) in [7, 11) is 0. The fraction of sp³-hybridized carbons (Fsp3) is 0.286. The van der Waals surface area contributed by atoms with Crippen LogP contribution in [0.25, 0.3) is 10.2 Å². The van der Waals surface area contributed by atoms with Gasteiger partial charge in [0.05, 0.1) is 10.2 Å².